The van der Waals surface area contributed by atoms with Gasteiger partial charge in [0.2, 0.25) is 6.10 Å². The molecule has 0 unspecified atom stereocenters. The van der Waals surface area contributed by atoms with Gasteiger partial charge in [-0.1, -0.05) is 36.4 Å². The van der Waals surface area contributed by atoms with E-state index in [9.17, 15) is 24.6 Å². The van der Waals surface area contributed by atoms with E-state index in [1.165, 1.54) is 0 Å². The van der Waals surface area contributed by atoms with Gasteiger partial charge in [-0.25, -0.2) is 4.79 Å². The van der Waals surface area contributed by atoms with Crippen LogP contribution in [0.3, 0.4) is 0 Å². The first kappa shape index (κ1) is 30.0. The number of carbonyl (C=O) groups excluding carboxylic acids is 3. The van der Waals surface area contributed by atoms with Crippen molar-refractivity contribution in [2.24, 2.45) is 0 Å². The number of benzene rings is 2. The van der Waals surface area contributed by atoms with E-state index in [0.29, 0.717) is 30.7 Å². The Morgan fingerprint density at radius 2 is 1.91 bits per heavy atom. The highest BCUT2D eigenvalue weighted by Gasteiger charge is 2.72. The van der Waals surface area contributed by atoms with E-state index >= 15 is 0 Å². The molecule has 11 heteroatoms. The molecule has 1 fully saturated rings. The molecule has 1 amide bonds. The summed E-state index contributed by atoms with van der Waals surface area (Å²) in [5, 5.41) is 25.6. The van der Waals surface area contributed by atoms with Crippen LogP contribution in [0.5, 0.6) is 11.5 Å². The van der Waals surface area contributed by atoms with Crippen molar-refractivity contribution >= 4 is 18.0 Å². The topological polar surface area (TPSA) is 144 Å². The second kappa shape index (κ2) is 10.8. The number of likely N-dealkylation sites (N-methyl/N-ethyl adjacent to an activating group) is 1. The third-order valence-corrected chi connectivity index (χ3v) is 9.16. The quantitative estimate of drug-likeness (QED) is 0.401. The molecule has 2 heterocycles. The van der Waals surface area contributed by atoms with Crippen LogP contribution in [0.1, 0.15) is 62.8 Å². The Bertz CT molecular complexity index is 1520. The maximum Gasteiger partial charge on any atom is 0.509 e. The van der Waals surface area contributed by atoms with Crippen LogP contribution in [0.15, 0.2) is 54.3 Å². The summed E-state index contributed by atoms with van der Waals surface area (Å²) in [5.74, 6) is -0.614. The molecule has 0 aromatic heterocycles. The summed E-state index contributed by atoms with van der Waals surface area (Å²) < 4.78 is 22.7. The average molecular weight is 607 g/mol. The molecule has 4 aliphatic rings. The van der Waals surface area contributed by atoms with Gasteiger partial charge in [0.05, 0.1) is 17.4 Å². The van der Waals surface area contributed by atoms with Gasteiger partial charge in [0.1, 0.15) is 11.4 Å². The van der Waals surface area contributed by atoms with Gasteiger partial charge in [-0.3, -0.25) is 9.59 Å². The van der Waals surface area contributed by atoms with Crippen molar-refractivity contribution < 1.29 is 43.5 Å². The van der Waals surface area contributed by atoms with E-state index in [0.717, 1.165) is 11.1 Å². The van der Waals surface area contributed by atoms with Crippen molar-refractivity contribution in [3.8, 4) is 11.5 Å². The molecule has 44 heavy (non-hydrogen) atoms. The molecule has 2 aromatic rings. The zero-order chi connectivity index (χ0) is 31.4. The molecule has 0 saturated carbocycles. The first-order chi connectivity index (χ1) is 20.8. The van der Waals surface area contributed by atoms with Gasteiger partial charge in [0.15, 0.2) is 17.6 Å². The van der Waals surface area contributed by atoms with Crippen LogP contribution in [-0.4, -0.2) is 76.6 Å². The van der Waals surface area contributed by atoms with Crippen molar-refractivity contribution in [1.29, 1.82) is 0 Å². The standard InChI is InChI=1S/C33H38N2O9/c1-31(2,3)44-30(39)43-26(19-8-6-5-7-9-19)29(38)34-16-13-24(37)41-22-12-14-33(40)23-18-20-10-11-21(36)27-25(20)32(33,28(22)42-27)15-17-35(23)4/h5-12,23,26,28,36,40H,13-18H2,1-4H3,(H,34,38)/t23-,26-,28-,32-,33+/m0/s1. The Hall–Kier alpha value is -4.09. The lowest BCUT2D eigenvalue weighted by Gasteiger charge is -2.61. The molecule has 0 radical (unpaired) electrons. The monoisotopic (exact) mass is 606 g/mol. The van der Waals surface area contributed by atoms with Crippen molar-refractivity contribution in [3.63, 3.8) is 0 Å². The lowest BCUT2D eigenvalue weighted by Crippen LogP contribution is -2.74. The van der Waals surface area contributed by atoms with Crippen LogP contribution < -0.4 is 10.1 Å². The third kappa shape index (κ3) is 4.88. The summed E-state index contributed by atoms with van der Waals surface area (Å²) >= 11 is 0. The van der Waals surface area contributed by atoms with E-state index < -0.39 is 46.9 Å². The number of esters is 1. The van der Waals surface area contributed by atoms with Gasteiger partial charge in [-0.15, -0.1) is 0 Å². The minimum Gasteiger partial charge on any atom is -0.504 e. The zero-order valence-corrected chi connectivity index (χ0v) is 25.3. The highest BCUT2D eigenvalue weighted by Crippen LogP contribution is 2.65. The first-order valence-corrected chi connectivity index (χ1v) is 14.9. The third-order valence-electron chi connectivity index (χ3n) is 9.16. The number of phenols is 1. The van der Waals surface area contributed by atoms with Crippen LogP contribution in [0, 0.1) is 0 Å². The van der Waals surface area contributed by atoms with Crippen molar-refractivity contribution in [2.45, 2.75) is 81.3 Å². The summed E-state index contributed by atoms with van der Waals surface area (Å²) in [6, 6.07) is 11.8. The maximum atomic E-state index is 13.1. The Kier molecular flexibility index (Phi) is 7.36. The summed E-state index contributed by atoms with van der Waals surface area (Å²) in [7, 11) is 2.00. The van der Waals surface area contributed by atoms with Gasteiger partial charge in [-0.2, -0.15) is 0 Å². The van der Waals surface area contributed by atoms with Gasteiger partial charge in [0, 0.05) is 30.1 Å². The molecular weight excluding hydrogens is 568 g/mol. The molecule has 2 bridgehead atoms. The summed E-state index contributed by atoms with van der Waals surface area (Å²) in [6.45, 7) is 5.70. The fraction of sp³-hybridized carbons (Fsp3) is 0.485. The van der Waals surface area contributed by atoms with Crippen molar-refractivity contribution in [2.75, 3.05) is 20.1 Å². The molecule has 2 aliphatic carbocycles. The van der Waals surface area contributed by atoms with Crippen LogP contribution >= 0.6 is 0 Å². The first-order valence-electron chi connectivity index (χ1n) is 14.9. The van der Waals surface area contributed by atoms with E-state index in [-0.39, 0.29) is 36.9 Å². The van der Waals surface area contributed by atoms with E-state index in [4.69, 9.17) is 18.9 Å². The summed E-state index contributed by atoms with van der Waals surface area (Å²) in [5.41, 5.74) is -0.577. The predicted octanol–water partition coefficient (Wildman–Crippen LogP) is 3.41. The number of nitrogens with one attached hydrogen (secondary N) is 1. The normalized spacial score (nSPS) is 27.2. The molecular formula is C33H38N2O9. The van der Waals surface area contributed by atoms with Crippen LogP contribution in [0.4, 0.5) is 4.79 Å². The maximum absolute atomic E-state index is 13.1. The molecule has 234 valence electrons. The highest BCUT2D eigenvalue weighted by molar-refractivity contribution is 5.84. The number of phenolic OH excluding ortho intramolecular Hbond substituents is 1. The number of amides is 1. The number of likely N-dealkylation sites (tertiary alicyclic amines) is 1. The Morgan fingerprint density at radius 1 is 1.16 bits per heavy atom. The van der Waals surface area contributed by atoms with E-state index in [1.54, 1.807) is 63.2 Å². The molecule has 1 saturated heterocycles. The number of aromatic hydroxyl groups is 1. The number of aliphatic hydroxyl groups is 1. The highest BCUT2D eigenvalue weighted by atomic mass is 16.7. The van der Waals surface area contributed by atoms with Crippen LogP contribution in [0.25, 0.3) is 0 Å². The van der Waals surface area contributed by atoms with Gasteiger partial charge < -0.3 is 39.4 Å². The Labute approximate surface area is 255 Å². The minimum absolute atomic E-state index is 0.0118. The second-order valence-electron chi connectivity index (χ2n) is 13.0. The smallest absolute Gasteiger partial charge is 0.504 e. The minimum atomic E-state index is -1.28. The summed E-state index contributed by atoms with van der Waals surface area (Å²) in [6.07, 6.45) is -0.0773. The summed E-state index contributed by atoms with van der Waals surface area (Å²) in [4.78, 5) is 40.7. The average Bonchev–Trinajstić information content (AvgIpc) is 3.32. The predicted molar refractivity (Wildman–Crippen MR) is 157 cm³/mol. The van der Waals surface area contributed by atoms with E-state index in [1.807, 2.05) is 13.1 Å². The number of hydrogen-bond acceptors (Lipinski definition) is 10. The van der Waals surface area contributed by atoms with Crippen LogP contribution in [0.2, 0.25) is 0 Å². The molecule has 1 spiro atoms. The molecule has 5 atom stereocenters. The number of carbonyl (C=O) groups is 3. The number of nitrogens with zero attached hydrogens (tertiary/aromatic N) is 1. The fourth-order valence-corrected chi connectivity index (χ4v) is 7.27. The van der Waals surface area contributed by atoms with Crippen molar-refractivity contribution in [1.82, 2.24) is 10.2 Å². The van der Waals surface area contributed by atoms with Gasteiger partial charge >= 0.3 is 12.1 Å². The zero-order valence-electron chi connectivity index (χ0n) is 25.3. The lowest BCUT2D eigenvalue weighted by molar-refractivity contribution is -0.169. The van der Waals surface area contributed by atoms with Crippen molar-refractivity contribution in [3.05, 3.63) is 71.0 Å². The molecule has 2 aliphatic heterocycles. The number of rotatable bonds is 7. The molecule has 3 N–H and O–H groups in total. The van der Waals surface area contributed by atoms with Gasteiger partial charge in [0.25, 0.3) is 5.91 Å². The largest absolute Gasteiger partial charge is 0.509 e. The second-order valence-corrected chi connectivity index (χ2v) is 13.0. The molecule has 2 aromatic carbocycles. The number of hydrogen-bond donors (Lipinski definition) is 3. The molecule has 6 rings (SSSR count). The fourth-order valence-electron chi connectivity index (χ4n) is 7.27. The van der Waals surface area contributed by atoms with Gasteiger partial charge in [-0.05, 0) is 64.9 Å². The number of piperidine rings is 1. The Morgan fingerprint density at radius 3 is 2.64 bits per heavy atom. The molecule has 11 nitrogen and oxygen atoms in total. The Balaban J connectivity index is 1.14. The van der Waals surface area contributed by atoms with Crippen LogP contribution in [-0.2, 0) is 35.6 Å². The number of ether oxygens (including phenoxy) is 4. The van der Waals surface area contributed by atoms with E-state index in [2.05, 4.69) is 10.2 Å². The lowest BCUT2D eigenvalue weighted by atomic mass is 9.50. The SMILES string of the molecule is CN1CC[C@]23c4c5ccc(O)c4O[C@H]2C(OC(=O)CCNC(=O)[C@@H](OC(=O)OC(C)(C)C)c2ccccc2)=CC[C@@]3(O)[C@@H]1C5.